The molecule has 2 rings (SSSR count). The quantitative estimate of drug-likeness (QED) is 0.840. The zero-order chi connectivity index (χ0) is 15.4. The molecule has 1 aromatic carbocycles. The molecule has 0 aromatic heterocycles. The molecule has 0 saturated carbocycles. The third-order valence-corrected chi connectivity index (χ3v) is 4.17. The molecule has 1 N–H and O–H groups in total. The van der Waals surface area contributed by atoms with E-state index < -0.39 is 0 Å². The van der Waals surface area contributed by atoms with E-state index in [1.54, 1.807) is 30.8 Å². The van der Waals surface area contributed by atoms with Crippen LogP contribution < -0.4 is 14.8 Å². The Morgan fingerprint density at radius 1 is 1.33 bits per heavy atom. The second-order valence-electron chi connectivity index (χ2n) is 5.14. The predicted octanol–water partition coefficient (Wildman–Crippen LogP) is 1.75. The first kappa shape index (κ1) is 16.0. The lowest BCUT2D eigenvalue weighted by molar-refractivity contribution is -0.130. The molecule has 1 aromatic rings. The van der Waals surface area contributed by atoms with E-state index in [0.29, 0.717) is 19.8 Å². The predicted molar refractivity (Wildman–Crippen MR) is 84.2 cm³/mol. The molecule has 0 radical (unpaired) electrons. The second kappa shape index (κ2) is 7.04. The van der Waals surface area contributed by atoms with Crippen molar-refractivity contribution in [2.24, 2.45) is 0 Å². The number of hydrogen-bond donors (Lipinski definition) is 1. The van der Waals surface area contributed by atoms with Crippen LogP contribution in [0.2, 0.25) is 0 Å². The van der Waals surface area contributed by atoms with Gasteiger partial charge in [0, 0.05) is 25.5 Å². The minimum absolute atomic E-state index is 0.0678. The number of ether oxygens (including phenoxy) is 2. The molecule has 116 valence electrons. The number of nitrogens with zero attached hydrogens (tertiary/aromatic N) is 1. The molecule has 1 unspecified atom stereocenters. The summed E-state index contributed by atoms with van der Waals surface area (Å²) in [7, 11) is 3.52. The standard InChI is InChI=1S/C15H22N2O3S/c1-10(15(18)17(2)3)16-9-11-7-12-13(8-14(11)21-4)20-6-5-19-12/h7-8,10,16H,5-6,9H2,1-4H3. The number of hydrogen-bond acceptors (Lipinski definition) is 5. The molecule has 1 aliphatic rings. The number of benzene rings is 1. The van der Waals surface area contributed by atoms with Gasteiger partial charge in [-0.1, -0.05) is 0 Å². The number of fused-ring (bicyclic) bond motifs is 1. The average molecular weight is 310 g/mol. The Hall–Kier alpha value is -1.40. The van der Waals surface area contributed by atoms with Crippen molar-refractivity contribution in [2.45, 2.75) is 24.4 Å². The fourth-order valence-corrected chi connectivity index (χ4v) is 2.80. The molecule has 0 saturated heterocycles. The van der Waals surface area contributed by atoms with Gasteiger partial charge >= 0.3 is 0 Å². The Bertz CT molecular complexity index is 520. The summed E-state index contributed by atoms with van der Waals surface area (Å²) in [5, 5.41) is 3.26. The molecule has 1 aliphatic heterocycles. The molecule has 0 spiro atoms. The highest BCUT2D eigenvalue weighted by atomic mass is 32.2. The number of carbonyl (C=O) groups excluding carboxylic acids is 1. The van der Waals surface area contributed by atoms with Crippen LogP contribution in [-0.4, -0.2) is 50.4 Å². The van der Waals surface area contributed by atoms with E-state index in [-0.39, 0.29) is 11.9 Å². The largest absolute Gasteiger partial charge is 0.486 e. The van der Waals surface area contributed by atoms with Crippen LogP contribution in [0.15, 0.2) is 17.0 Å². The van der Waals surface area contributed by atoms with Crippen molar-refractivity contribution in [3.8, 4) is 11.5 Å². The van der Waals surface area contributed by atoms with Crippen LogP contribution in [-0.2, 0) is 11.3 Å². The molecule has 1 amide bonds. The van der Waals surface area contributed by atoms with E-state index in [1.165, 1.54) is 0 Å². The Labute approximate surface area is 130 Å². The van der Waals surface area contributed by atoms with Crippen molar-refractivity contribution < 1.29 is 14.3 Å². The lowest BCUT2D eigenvalue weighted by Crippen LogP contribution is -2.41. The summed E-state index contributed by atoms with van der Waals surface area (Å²) in [6, 6.07) is 3.79. The first-order valence-electron chi connectivity index (χ1n) is 6.94. The Balaban J connectivity index is 2.10. The van der Waals surface area contributed by atoms with E-state index in [1.807, 2.05) is 25.3 Å². The maximum atomic E-state index is 11.9. The van der Waals surface area contributed by atoms with Crippen LogP contribution in [0.1, 0.15) is 12.5 Å². The molecule has 1 heterocycles. The van der Waals surface area contributed by atoms with Crippen molar-refractivity contribution in [1.82, 2.24) is 10.2 Å². The van der Waals surface area contributed by atoms with Gasteiger partial charge in [0.05, 0.1) is 6.04 Å². The summed E-state index contributed by atoms with van der Waals surface area (Å²) < 4.78 is 11.2. The molecule has 0 fully saturated rings. The monoisotopic (exact) mass is 310 g/mol. The van der Waals surface area contributed by atoms with Crippen LogP contribution in [0.4, 0.5) is 0 Å². The molecule has 6 heteroatoms. The second-order valence-corrected chi connectivity index (χ2v) is 5.99. The molecule has 5 nitrogen and oxygen atoms in total. The van der Waals surface area contributed by atoms with Crippen molar-refractivity contribution in [3.05, 3.63) is 17.7 Å². The number of amides is 1. The summed E-state index contributed by atoms with van der Waals surface area (Å²) >= 11 is 1.66. The van der Waals surface area contributed by atoms with E-state index in [0.717, 1.165) is 22.0 Å². The molecular formula is C15H22N2O3S. The van der Waals surface area contributed by atoms with Gasteiger partial charge in [0.1, 0.15) is 13.2 Å². The van der Waals surface area contributed by atoms with Crippen molar-refractivity contribution >= 4 is 17.7 Å². The van der Waals surface area contributed by atoms with Crippen LogP contribution in [0.25, 0.3) is 0 Å². The number of carbonyl (C=O) groups is 1. The lowest BCUT2D eigenvalue weighted by Gasteiger charge is -2.22. The van der Waals surface area contributed by atoms with E-state index in [2.05, 4.69) is 5.32 Å². The molecule has 0 aliphatic carbocycles. The topological polar surface area (TPSA) is 50.8 Å². The minimum Gasteiger partial charge on any atom is -0.486 e. The highest BCUT2D eigenvalue weighted by molar-refractivity contribution is 7.98. The third-order valence-electron chi connectivity index (χ3n) is 3.36. The van der Waals surface area contributed by atoms with Crippen LogP contribution in [0, 0.1) is 0 Å². The molecular weight excluding hydrogens is 288 g/mol. The summed E-state index contributed by atoms with van der Waals surface area (Å²) in [4.78, 5) is 14.6. The van der Waals surface area contributed by atoms with Gasteiger partial charge < -0.3 is 19.7 Å². The fourth-order valence-electron chi connectivity index (χ4n) is 2.18. The number of nitrogens with one attached hydrogen (secondary N) is 1. The van der Waals surface area contributed by atoms with Crippen molar-refractivity contribution in [2.75, 3.05) is 33.6 Å². The van der Waals surface area contributed by atoms with Gasteiger partial charge in [-0.25, -0.2) is 0 Å². The lowest BCUT2D eigenvalue weighted by atomic mass is 10.1. The fraction of sp³-hybridized carbons (Fsp3) is 0.533. The van der Waals surface area contributed by atoms with Gasteiger partial charge in [0.15, 0.2) is 11.5 Å². The van der Waals surface area contributed by atoms with Crippen molar-refractivity contribution in [1.29, 1.82) is 0 Å². The SMILES string of the molecule is CSc1cc2c(cc1CNC(C)C(=O)N(C)C)OCCO2. The Morgan fingerprint density at radius 3 is 2.52 bits per heavy atom. The summed E-state index contributed by atoms with van der Waals surface area (Å²) in [5.41, 5.74) is 1.12. The summed E-state index contributed by atoms with van der Waals surface area (Å²) in [6.07, 6.45) is 2.03. The molecule has 21 heavy (non-hydrogen) atoms. The van der Waals surface area contributed by atoms with Gasteiger partial charge in [0.25, 0.3) is 0 Å². The van der Waals surface area contributed by atoms with Gasteiger partial charge in [0.2, 0.25) is 5.91 Å². The maximum absolute atomic E-state index is 11.9. The summed E-state index contributed by atoms with van der Waals surface area (Å²) in [6.45, 7) is 3.66. The van der Waals surface area contributed by atoms with E-state index in [4.69, 9.17) is 9.47 Å². The average Bonchev–Trinajstić information content (AvgIpc) is 2.50. The third kappa shape index (κ3) is 3.83. The van der Waals surface area contributed by atoms with Crippen LogP contribution in [0.3, 0.4) is 0 Å². The minimum atomic E-state index is -0.220. The first-order chi connectivity index (χ1) is 10.0. The van der Waals surface area contributed by atoms with Gasteiger partial charge in [-0.15, -0.1) is 11.8 Å². The van der Waals surface area contributed by atoms with E-state index in [9.17, 15) is 4.79 Å². The maximum Gasteiger partial charge on any atom is 0.238 e. The molecule has 0 bridgehead atoms. The number of rotatable bonds is 5. The zero-order valence-electron chi connectivity index (χ0n) is 12.9. The van der Waals surface area contributed by atoms with Crippen LogP contribution >= 0.6 is 11.8 Å². The smallest absolute Gasteiger partial charge is 0.238 e. The zero-order valence-corrected chi connectivity index (χ0v) is 13.8. The van der Waals surface area contributed by atoms with Gasteiger partial charge in [-0.05, 0) is 30.9 Å². The normalized spacial score (nSPS) is 14.7. The highest BCUT2D eigenvalue weighted by Gasteiger charge is 2.18. The molecule has 1 atom stereocenters. The van der Waals surface area contributed by atoms with E-state index >= 15 is 0 Å². The first-order valence-corrected chi connectivity index (χ1v) is 8.16. The Kier molecular flexibility index (Phi) is 5.36. The summed E-state index contributed by atoms with van der Waals surface area (Å²) in [5.74, 6) is 1.65. The Morgan fingerprint density at radius 2 is 1.95 bits per heavy atom. The van der Waals surface area contributed by atoms with Gasteiger partial charge in [-0.2, -0.15) is 0 Å². The number of likely N-dealkylation sites (N-methyl/N-ethyl adjacent to an activating group) is 1. The highest BCUT2D eigenvalue weighted by Crippen LogP contribution is 2.36. The van der Waals surface area contributed by atoms with Gasteiger partial charge in [-0.3, -0.25) is 4.79 Å². The van der Waals surface area contributed by atoms with Crippen LogP contribution in [0.5, 0.6) is 11.5 Å². The van der Waals surface area contributed by atoms with Crippen molar-refractivity contribution in [3.63, 3.8) is 0 Å². The number of thioether (sulfide) groups is 1.